The van der Waals surface area contributed by atoms with Crippen LogP contribution in [0.5, 0.6) is 0 Å². The van der Waals surface area contributed by atoms with Gasteiger partial charge in [0.25, 0.3) is 0 Å². The molecule has 1 aliphatic carbocycles. The van der Waals surface area contributed by atoms with Crippen molar-refractivity contribution in [1.82, 2.24) is 9.55 Å². The lowest BCUT2D eigenvalue weighted by Crippen LogP contribution is -2.19. The molecule has 1 aromatic heterocycles. The molecule has 0 amide bonds. The van der Waals surface area contributed by atoms with Gasteiger partial charge in [-0.05, 0) is 18.1 Å². The van der Waals surface area contributed by atoms with Gasteiger partial charge >= 0.3 is 11.7 Å². The summed E-state index contributed by atoms with van der Waals surface area (Å²) in [5.41, 5.74) is 5.76. The Morgan fingerprint density at radius 3 is 3.12 bits per heavy atom. The van der Waals surface area contributed by atoms with Gasteiger partial charge in [0.15, 0.2) is 0 Å². The number of carbonyl (C=O) groups is 1. The first-order valence-electron chi connectivity index (χ1n) is 4.75. The minimum atomic E-state index is -0.456. The number of aromatic nitrogens is 2. The number of rotatable bonds is 2. The van der Waals surface area contributed by atoms with E-state index in [1.807, 2.05) is 0 Å². The van der Waals surface area contributed by atoms with E-state index in [1.54, 1.807) is 6.20 Å². The molecule has 0 saturated heterocycles. The molecule has 1 atom stereocenters. The molecule has 1 aliphatic rings. The Balaban J connectivity index is 2.20. The van der Waals surface area contributed by atoms with Gasteiger partial charge in [-0.15, -0.1) is 0 Å². The molecule has 2 rings (SSSR count). The summed E-state index contributed by atoms with van der Waals surface area (Å²) >= 11 is 0. The molecule has 1 aromatic rings. The molecule has 1 saturated carbocycles. The van der Waals surface area contributed by atoms with Crippen LogP contribution in [-0.2, 0) is 9.53 Å². The number of anilines is 1. The highest BCUT2D eigenvalue weighted by atomic mass is 16.5. The van der Waals surface area contributed by atoms with Crippen molar-refractivity contribution in [2.45, 2.75) is 6.42 Å². The summed E-state index contributed by atoms with van der Waals surface area (Å²) in [6, 6.07) is 1.52. The minimum absolute atomic E-state index is 0.181. The number of esters is 1. The van der Waals surface area contributed by atoms with Gasteiger partial charge in [0.05, 0.1) is 13.0 Å². The Kier molecular flexibility index (Phi) is 2.47. The van der Waals surface area contributed by atoms with Crippen LogP contribution in [0.1, 0.15) is 6.42 Å². The van der Waals surface area contributed by atoms with Crippen molar-refractivity contribution in [3.63, 3.8) is 0 Å². The fourth-order valence-corrected chi connectivity index (χ4v) is 1.40. The Morgan fingerprint density at radius 2 is 2.50 bits per heavy atom. The second-order valence-corrected chi connectivity index (χ2v) is 3.53. The molecule has 1 heterocycles. The average molecular weight is 221 g/mol. The predicted molar refractivity (Wildman–Crippen MR) is 57.3 cm³/mol. The van der Waals surface area contributed by atoms with E-state index in [0.717, 1.165) is 5.57 Å². The molecule has 16 heavy (non-hydrogen) atoms. The van der Waals surface area contributed by atoms with Gasteiger partial charge in [0, 0.05) is 12.4 Å². The summed E-state index contributed by atoms with van der Waals surface area (Å²) in [5.74, 6) is -0.308. The van der Waals surface area contributed by atoms with Gasteiger partial charge in [0.1, 0.15) is 5.82 Å². The van der Waals surface area contributed by atoms with Crippen molar-refractivity contribution >= 4 is 18.0 Å². The van der Waals surface area contributed by atoms with Crippen molar-refractivity contribution in [3.8, 4) is 0 Å². The number of hydrogen-bond donors (Lipinski definition) is 1. The Morgan fingerprint density at radius 1 is 1.75 bits per heavy atom. The second-order valence-electron chi connectivity index (χ2n) is 3.53. The lowest BCUT2D eigenvalue weighted by atomic mass is 10.4. The Labute approximate surface area is 91.4 Å². The predicted octanol–water partition coefficient (Wildman–Crippen LogP) is -0.141. The molecule has 0 aliphatic heterocycles. The second kappa shape index (κ2) is 3.80. The summed E-state index contributed by atoms with van der Waals surface area (Å²) in [7, 11) is 1.34. The number of hydrogen-bond acceptors (Lipinski definition) is 5. The van der Waals surface area contributed by atoms with Crippen LogP contribution in [0.25, 0.3) is 6.20 Å². The molecule has 1 fully saturated rings. The smallest absolute Gasteiger partial charge is 0.353 e. The third kappa shape index (κ3) is 1.95. The lowest BCUT2D eigenvalue weighted by molar-refractivity contribution is -0.141. The summed E-state index contributed by atoms with van der Waals surface area (Å²) in [6.07, 6.45) is 3.74. The van der Waals surface area contributed by atoms with Crippen molar-refractivity contribution in [1.29, 1.82) is 0 Å². The van der Waals surface area contributed by atoms with Crippen LogP contribution in [0.15, 0.2) is 22.6 Å². The van der Waals surface area contributed by atoms with E-state index in [9.17, 15) is 9.59 Å². The van der Waals surface area contributed by atoms with E-state index in [1.165, 1.54) is 23.9 Å². The first-order valence-corrected chi connectivity index (χ1v) is 4.75. The first-order chi connectivity index (χ1) is 7.61. The Bertz CT molecular complexity index is 518. The molecule has 2 N–H and O–H groups in total. The van der Waals surface area contributed by atoms with Gasteiger partial charge in [-0.3, -0.25) is 9.36 Å². The number of methoxy groups -OCH3 is 1. The van der Waals surface area contributed by atoms with Crippen molar-refractivity contribution < 1.29 is 9.53 Å². The van der Waals surface area contributed by atoms with Gasteiger partial charge in [0.2, 0.25) is 0 Å². The molecule has 0 spiro atoms. The molecule has 0 bridgehead atoms. The van der Waals surface area contributed by atoms with Crippen molar-refractivity contribution in [2.24, 2.45) is 5.92 Å². The maximum absolute atomic E-state index is 11.4. The van der Waals surface area contributed by atoms with Crippen LogP contribution < -0.4 is 11.4 Å². The van der Waals surface area contributed by atoms with Gasteiger partial charge in [-0.2, -0.15) is 4.98 Å². The van der Waals surface area contributed by atoms with Crippen LogP contribution in [0, 0.1) is 5.92 Å². The summed E-state index contributed by atoms with van der Waals surface area (Å²) in [6.45, 7) is 0. The molecule has 84 valence electrons. The van der Waals surface area contributed by atoms with E-state index in [0.29, 0.717) is 6.42 Å². The fraction of sp³-hybridized carbons (Fsp3) is 0.300. The average Bonchev–Trinajstić information content (AvgIpc) is 3.00. The largest absolute Gasteiger partial charge is 0.469 e. The third-order valence-corrected chi connectivity index (χ3v) is 2.37. The van der Waals surface area contributed by atoms with Gasteiger partial charge in [-0.1, -0.05) is 0 Å². The fourth-order valence-electron chi connectivity index (χ4n) is 1.40. The zero-order valence-corrected chi connectivity index (χ0v) is 8.71. The van der Waals surface area contributed by atoms with E-state index < -0.39 is 5.69 Å². The standard InChI is InChI=1S/C10H11N3O3/c1-16-9(14)7-4-6(7)5-13-3-2-8(11)12-10(13)15/h2-3,5,7H,4H2,1H3,(H2,11,12,15)/b6-5+. The number of ether oxygens (including phenoxy) is 1. The molecule has 6 heteroatoms. The number of nitrogens with zero attached hydrogens (tertiary/aromatic N) is 2. The highest BCUT2D eigenvalue weighted by Crippen LogP contribution is 2.38. The first kappa shape index (κ1) is 10.4. The quantitative estimate of drug-likeness (QED) is 0.702. The van der Waals surface area contributed by atoms with Crippen LogP contribution in [-0.4, -0.2) is 22.6 Å². The highest BCUT2D eigenvalue weighted by molar-refractivity contribution is 5.82. The molecule has 0 radical (unpaired) electrons. The van der Waals surface area contributed by atoms with E-state index >= 15 is 0 Å². The van der Waals surface area contributed by atoms with E-state index in [-0.39, 0.29) is 17.7 Å². The topological polar surface area (TPSA) is 87.2 Å². The minimum Gasteiger partial charge on any atom is -0.469 e. The number of nitrogen functional groups attached to an aromatic ring is 1. The maximum Gasteiger partial charge on any atom is 0.353 e. The normalized spacial score (nSPS) is 20.8. The Hall–Kier alpha value is -2.11. The van der Waals surface area contributed by atoms with Crippen LogP contribution in [0.2, 0.25) is 0 Å². The van der Waals surface area contributed by atoms with Gasteiger partial charge < -0.3 is 10.5 Å². The molecule has 0 aromatic carbocycles. The van der Waals surface area contributed by atoms with Crippen LogP contribution >= 0.6 is 0 Å². The summed E-state index contributed by atoms with van der Waals surface area (Å²) in [4.78, 5) is 26.1. The van der Waals surface area contributed by atoms with Gasteiger partial charge in [-0.25, -0.2) is 4.79 Å². The van der Waals surface area contributed by atoms with Crippen molar-refractivity contribution in [3.05, 3.63) is 28.3 Å². The third-order valence-electron chi connectivity index (χ3n) is 2.37. The SMILES string of the molecule is COC(=O)C1C/C1=C\n1ccc(N)nc1=O. The zero-order valence-electron chi connectivity index (χ0n) is 8.71. The molecule has 6 nitrogen and oxygen atoms in total. The highest BCUT2D eigenvalue weighted by Gasteiger charge is 2.37. The monoisotopic (exact) mass is 221 g/mol. The molecular formula is C10H11N3O3. The summed E-state index contributed by atoms with van der Waals surface area (Å²) < 4.78 is 5.89. The van der Waals surface area contributed by atoms with Crippen LogP contribution in [0.3, 0.4) is 0 Å². The van der Waals surface area contributed by atoms with E-state index in [2.05, 4.69) is 9.72 Å². The van der Waals surface area contributed by atoms with Crippen LogP contribution in [0.4, 0.5) is 5.82 Å². The number of nitrogens with two attached hydrogens (primary N) is 1. The zero-order chi connectivity index (χ0) is 11.7. The maximum atomic E-state index is 11.4. The van der Waals surface area contributed by atoms with Crippen molar-refractivity contribution in [2.75, 3.05) is 12.8 Å². The number of carbonyl (C=O) groups excluding carboxylic acids is 1. The lowest BCUT2D eigenvalue weighted by Gasteiger charge is -1.97. The molecular weight excluding hydrogens is 210 g/mol. The summed E-state index contributed by atoms with van der Waals surface area (Å²) in [5, 5.41) is 0. The molecule has 1 unspecified atom stereocenters. The van der Waals surface area contributed by atoms with E-state index in [4.69, 9.17) is 5.73 Å².